The molecule has 0 bridgehead atoms. The number of hydrogen-bond donors (Lipinski definition) is 2. The maximum Gasteiger partial charge on any atom is 0.280 e. The van der Waals surface area contributed by atoms with Crippen LogP contribution >= 0.6 is 0 Å². The molecule has 3 N–H and O–H groups in total. The number of anilines is 1. The number of nitrogen functional groups attached to an aromatic ring is 1. The number of nitrogens with zero attached hydrogens (tertiary/aromatic N) is 4. The monoisotopic (exact) mass is 406 g/mol. The molecule has 154 valence electrons. The van der Waals surface area contributed by atoms with E-state index in [-0.39, 0.29) is 10.9 Å². The third-order valence-corrected chi connectivity index (χ3v) is 6.01. The van der Waals surface area contributed by atoms with Crippen molar-refractivity contribution in [1.82, 2.24) is 19.5 Å². The molecule has 1 atom stereocenters. The maximum absolute atomic E-state index is 14.3. The van der Waals surface area contributed by atoms with Gasteiger partial charge in [0.05, 0.1) is 22.1 Å². The molecular formula is C22H23FN6O. The Labute approximate surface area is 172 Å². The molecule has 1 aliphatic heterocycles. The van der Waals surface area contributed by atoms with Crippen LogP contribution in [0.5, 0.6) is 0 Å². The van der Waals surface area contributed by atoms with E-state index in [1.807, 2.05) is 18.2 Å². The number of halogens is 1. The molecule has 1 aliphatic rings. The van der Waals surface area contributed by atoms with E-state index in [1.54, 1.807) is 6.07 Å². The molecular weight excluding hydrogens is 383 g/mol. The first-order valence-electron chi connectivity index (χ1n) is 9.93. The summed E-state index contributed by atoms with van der Waals surface area (Å²) in [5.41, 5.74) is 2.83. The number of pyridine rings is 1. The quantitative estimate of drug-likeness (QED) is 0.511. The molecule has 0 radical (unpaired) electrons. The molecule has 0 aliphatic carbocycles. The van der Waals surface area contributed by atoms with Crippen molar-refractivity contribution < 1.29 is 4.39 Å². The largest absolute Gasteiger partial charge is 0.370 e. The second-order valence-corrected chi connectivity index (χ2v) is 8.04. The van der Waals surface area contributed by atoms with Gasteiger partial charge < -0.3 is 20.6 Å². The van der Waals surface area contributed by atoms with Crippen LogP contribution in [0.3, 0.4) is 0 Å². The van der Waals surface area contributed by atoms with E-state index in [4.69, 9.17) is 5.84 Å². The van der Waals surface area contributed by atoms with Gasteiger partial charge in [0.1, 0.15) is 11.6 Å². The van der Waals surface area contributed by atoms with E-state index in [1.165, 1.54) is 18.2 Å². The number of rotatable bonds is 3. The number of aromatic amines is 1. The molecule has 1 saturated heterocycles. The highest BCUT2D eigenvalue weighted by Gasteiger charge is 2.24. The first-order chi connectivity index (χ1) is 14.4. The van der Waals surface area contributed by atoms with Crippen molar-refractivity contribution in [3.05, 3.63) is 58.6 Å². The predicted octanol–water partition coefficient (Wildman–Crippen LogP) is 2.54. The highest BCUT2D eigenvalue weighted by molar-refractivity contribution is 5.87. The maximum atomic E-state index is 14.3. The minimum absolute atomic E-state index is 0.238. The van der Waals surface area contributed by atoms with Gasteiger partial charge in [0, 0.05) is 30.2 Å². The number of likely N-dealkylation sites (N-methyl/N-ethyl adjacent to an activating group) is 1. The molecule has 4 aromatic rings. The van der Waals surface area contributed by atoms with Crippen LogP contribution in [0.2, 0.25) is 0 Å². The number of aromatic nitrogens is 3. The van der Waals surface area contributed by atoms with Gasteiger partial charge in [-0.15, -0.1) is 0 Å². The molecule has 1 unspecified atom stereocenters. The first-order valence-corrected chi connectivity index (χ1v) is 9.93. The van der Waals surface area contributed by atoms with E-state index in [9.17, 15) is 9.18 Å². The fraction of sp³-hybridized carbons (Fsp3) is 0.273. The Hall–Kier alpha value is -3.39. The third-order valence-electron chi connectivity index (χ3n) is 6.01. The Morgan fingerprint density at radius 3 is 2.83 bits per heavy atom. The average molecular weight is 406 g/mol. The Bertz CT molecular complexity index is 1320. The lowest BCUT2D eigenvalue weighted by atomic mass is 10.1. The lowest BCUT2D eigenvalue weighted by Gasteiger charge is -2.21. The fourth-order valence-corrected chi connectivity index (χ4v) is 4.21. The van der Waals surface area contributed by atoms with Crippen LogP contribution < -0.4 is 16.3 Å². The fourth-order valence-electron chi connectivity index (χ4n) is 4.21. The van der Waals surface area contributed by atoms with Crippen LogP contribution in [-0.4, -0.2) is 52.8 Å². The smallest absolute Gasteiger partial charge is 0.280 e. The number of H-pyrrole nitrogens is 1. The SMILES string of the molecule is CN(C)C1CCN(c2ccc3nc(-c4cc5c(F)cccc5n(N)c4=O)[nH]c3c2)C1. The van der Waals surface area contributed by atoms with Crippen molar-refractivity contribution in [3.8, 4) is 11.4 Å². The molecule has 5 rings (SSSR count). The van der Waals surface area contributed by atoms with Gasteiger partial charge in [0.15, 0.2) is 0 Å². The molecule has 2 aromatic carbocycles. The van der Waals surface area contributed by atoms with Gasteiger partial charge in [-0.1, -0.05) is 6.07 Å². The minimum atomic E-state index is -0.434. The zero-order valence-corrected chi connectivity index (χ0v) is 16.9. The number of nitrogens with two attached hydrogens (primary N) is 1. The summed E-state index contributed by atoms with van der Waals surface area (Å²) in [6, 6.07) is 12.6. The number of benzene rings is 2. The molecule has 30 heavy (non-hydrogen) atoms. The topological polar surface area (TPSA) is 83.2 Å². The van der Waals surface area contributed by atoms with Crippen LogP contribution in [0.15, 0.2) is 47.3 Å². The normalized spacial score (nSPS) is 16.9. The predicted molar refractivity (Wildman–Crippen MR) is 118 cm³/mol. The summed E-state index contributed by atoms with van der Waals surface area (Å²) in [6.07, 6.45) is 1.12. The number of nitrogens with one attached hydrogen (secondary N) is 1. The van der Waals surface area contributed by atoms with Crippen molar-refractivity contribution in [3.63, 3.8) is 0 Å². The van der Waals surface area contributed by atoms with E-state index < -0.39 is 11.4 Å². The van der Waals surface area contributed by atoms with Gasteiger partial charge >= 0.3 is 0 Å². The minimum Gasteiger partial charge on any atom is -0.370 e. The number of imidazole rings is 1. The molecule has 0 spiro atoms. The van der Waals surface area contributed by atoms with Crippen molar-refractivity contribution in [1.29, 1.82) is 0 Å². The van der Waals surface area contributed by atoms with Gasteiger partial charge in [-0.05, 0) is 56.9 Å². The van der Waals surface area contributed by atoms with E-state index in [0.717, 1.165) is 40.9 Å². The second kappa shape index (κ2) is 6.84. The van der Waals surface area contributed by atoms with Gasteiger partial charge in [-0.25, -0.2) is 14.1 Å². The highest BCUT2D eigenvalue weighted by atomic mass is 19.1. The molecule has 0 amide bonds. The summed E-state index contributed by atoms with van der Waals surface area (Å²) >= 11 is 0. The van der Waals surface area contributed by atoms with Gasteiger partial charge in [0.2, 0.25) is 0 Å². The Balaban J connectivity index is 1.57. The number of hydrogen-bond acceptors (Lipinski definition) is 5. The number of fused-ring (bicyclic) bond motifs is 2. The molecule has 1 fully saturated rings. The molecule has 7 nitrogen and oxygen atoms in total. The average Bonchev–Trinajstić information content (AvgIpc) is 3.37. The summed E-state index contributed by atoms with van der Waals surface area (Å²) in [5, 5.41) is 0.280. The van der Waals surface area contributed by atoms with E-state index >= 15 is 0 Å². The van der Waals surface area contributed by atoms with Crippen LogP contribution in [0.1, 0.15) is 6.42 Å². The second-order valence-electron chi connectivity index (χ2n) is 8.04. The molecule has 8 heteroatoms. The zero-order valence-electron chi connectivity index (χ0n) is 16.9. The standard InChI is InChI=1S/C22H23FN6O/c1-27(2)14-8-9-28(12-14)13-6-7-18-19(10-13)26-21(25-18)16-11-15-17(23)4-3-5-20(15)29(24)22(16)30/h3-7,10-11,14H,8-9,12,24H2,1-2H3,(H,25,26). The first kappa shape index (κ1) is 18.6. The summed E-state index contributed by atoms with van der Waals surface area (Å²) in [7, 11) is 4.21. The molecule has 2 aromatic heterocycles. The Kier molecular flexibility index (Phi) is 4.25. The van der Waals surface area contributed by atoms with Gasteiger partial charge in [-0.2, -0.15) is 0 Å². The summed E-state index contributed by atoms with van der Waals surface area (Å²) in [6.45, 7) is 1.97. The summed E-state index contributed by atoms with van der Waals surface area (Å²) in [4.78, 5) is 25.2. The van der Waals surface area contributed by atoms with Crippen molar-refractivity contribution in [2.75, 3.05) is 37.9 Å². The van der Waals surface area contributed by atoms with E-state index in [0.29, 0.717) is 17.4 Å². The summed E-state index contributed by atoms with van der Waals surface area (Å²) < 4.78 is 15.3. The highest BCUT2D eigenvalue weighted by Crippen LogP contribution is 2.28. The van der Waals surface area contributed by atoms with Crippen LogP contribution in [0, 0.1) is 5.82 Å². The Morgan fingerprint density at radius 2 is 2.07 bits per heavy atom. The van der Waals surface area contributed by atoms with E-state index in [2.05, 4.69) is 33.9 Å². The van der Waals surface area contributed by atoms with Crippen molar-refractivity contribution in [2.45, 2.75) is 12.5 Å². The molecule has 0 saturated carbocycles. The lowest BCUT2D eigenvalue weighted by molar-refractivity contribution is 0.315. The van der Waals surface area contributed by atoms with Crippen LogP contribution in [0.25, 0.3) is 33.3 Å². The van der Waals surface area contributed by atoms with Gasteiger partial charge in [-0.3, -0.25) is 4.79 Å². The van der Waals surface area contributed by atoms with Crippen LogP contribution in [0.4, 0.5) is 10.1 Å². The zero-order chi connectivity index (χ0) is 21.0. The van der Waals surface area contributed by atoms with Crippen molar-refractivity contribution in [2.24, 2.45) is 0 Å². The summed E-state index contributed by atoms with van der Waals surface area (Å²) in [5.74, 6) is 5.89. The Morgan fingerprint density at radius 1 is 1.23 bits per heavy atom. The lowest BCUT2D eigenvalue weighted by Crippen LogP contribution is -2.31. The third kappa shape index (κ3) is 2.91. The van der Waals surface area contributed by atoms with Crippen molar-refractivity contribution >= 4 is 27.6 Å². The molecule has 3 heterocycles. The van der Waals surface area contributed by atoms with Gasteiger partial charge in [0.25, 0.3) is 5.56 Å². The van der Waals surface area contributed by atoms with Crippen LogP contribution in [-0.2, 0) is 0 Å².